The molecule has 2 rings (SSSR count). The van der Waals surface area contributed by atoms with E-state index in [0.717, 1.165) is 24.8 Å². The van der Waals surface area contributed by atoms with Crippen LogP contribution in [0.2, 0.25) is 0 Å². The highest BCUT2D eigenvalue weighted by Gasteiger charge is 2.30. The summed E-state index contributed by atoms with van der Waals surface area (Å²) in [5.74, 6) is 0. The van der Waals surface area contributed by atoms with Crippen molar-refractivity contribution < 1.29 is 8.42 Å². The van der Waals surface area contributed by atoms with Gasteiger partial charge in [-0.1, -0.05) is 39.3 Å². The van der Waals surface area contributed by atoms with Crippen molar-refractivity contribution in [3.05, 3.63) is 29.8 Å². The first-order valence-corrected chi connectivity index (χ1v) is 8.89. The van der Waals surface area contributed by atoms with Crippen LogP contribution in [0.4, 0.5) is 0 Å². The van der Waals surface area contributed by atoms with Crippen LogP contribution in [0.5, 0.6) is 0 Å². The Kier molecular flexibility index (Phi) is 4.47. The van der Waals surface area contributed by atoms with Crippen LogP contribution >= 0.6 is 11.6 Å². The Labute approximate surface area is 126 Å². The Morgan fingerprint density at radius 1 is 1.15 bits per heavy atom. The van der Waals surface area contributed by atoms with Crippen molar-refractivity contribution in [2.24, 2.45) is 0 Å². The molecule has 0 aliphatic heterocycles. The second-order valence-electron chi connectivity index (χ2n) is 6.45. The minimum atomic E-state index is -3.47. The van der Waals surface area contributed by atoms with Crippen molar-refractivity contribution in [2.75, 3.05) is 0 Å². The van der Waals surface area contributed by atoms with Gasteiger partial charge >= 0.3 is 0 Å². The molecule has 0 bridgehead atoms. The highest BCUT2D eigenvalue weighted by atomic mass is 35.5. The summed E-state index contributed by atoms with van der Waals surface area (Å²) in [5.41, 5.74) is 1.13. The molecule has 2 atom stereocenters. The molecule has 1 N–H and O–H groups in total. The maximum Gasteiger partial charge on any atom is 0.240 e. The van der Waals surface area contributed by atoms with E-state index >= 15 is 0 Å². The van der Waals surface area contributed by atoms with Gasteiger partial charge < -0.3 is 0 Å². The lowest BCUT2D eigenvalue weighted by atomic mass is 9.87. The number of nitrogens with one attached hydrogen (secondary N) is 1. The zero-order chi connectivity index (χ0) is 15.0. The van der Waals surface area contributed by atoms with Crippen LogP contribution in [0, 0.1) is 0 Å². The lowest BCUT2D eigenvalue weighted by Gasteiger charge is -2.20. The summed E-state index contributed by atoms with van der Waals surface area (Å²) in [7, 11) is -3.47. The van der Waals surface area contributed by atoms with E-state index in [2.05, 4.69) is 25.5 Å². The summed E-state index contributed by atoms with van der Waals surface area (Å²) in [6.07, 6.45) is 2.66. The normalized spacial score (nSPS) is 24.0. The third-order valence-corrected chi connectivity index (χ3v) is 5.80. The maximum atomic E-state index is 12.3. The van der Waals surface area contributed by atoms with Gasteiger partial charge in [0.05, 0.1) is 4.90 Å². The quantitative estimate of drug-likeness (QED) is 0.869. The molecule has 0 radical (unpaired) electrons. The number of benzene rings is 1. The van der Waals surface area contributed by atoms with E-state index in [1.807, 2.05) is 12.1 Å². The van der Waals surface area contributed by atoms with Crippen molar-refractivity contribution >= 4 is 21.6 Å². The molecule has 1 aliphatic carbocycles. The van der Waals surface area contributed by atoms with Crippen LogP contribution in [-0.4, -0.2) is 19.8 Å². The first kappa shape index (κ1) is 15.8. The number of hydrogen-bond donors (Lipinski definition) is 1. The molecule has 0 unspecified atom stereocenters. The SMILES string of the molecule is CC(C)(C)c1ccc(S(=O)(=O)N[C@@H]2CCC[C@H]2Cl)cc1. The topological polar surface area (TPSA) is 46.2 Å². The number of rotatable bonds is 3. The minimum absolute atomic E-state index is 0.0163. The van der Waals surface area contributed by atoms with Crippen LogP contribution in [0.1, 0.15) is 45.6 Å². The molecule has 3 nitrogen and oxygen atoms in total. The second kappa shape index (κ2) is 5.66. The number of hydrogen-bond acceptors (Lipinski definition) is 2. The summed E-state index contributed by atoms with van der Waals surface area (Å²) in [5, 5.41) is -0.0985. The largest absolute Gasteiger partial charge is 0.240 e. The standard InChI is InChI=1S/C15H22ClNO2S/c1-15(2,3)11-7-9-12(10-8-11)20(18,19)17-14-6-4-5-13(14)16/h7-10,13-14,17H,4-6H2,1-3H3/t13-,14-/m1/s1. The van der Waals surface area contributed by atoms with Crippen LogP contribution in [-0.2, 0) is 15.4 Å². The first-order valence-electron chi connectivity index (χ1n) is 6.97. The van der Waals surface area contributed by atoms with Crippen LogP contribution < -0.4 is 4.72 Å². The molecular formula is C15H22ClNO2S. The predicted molar refractivity (Wildman–Crippen MR) is 82.7 cm³/mol. The van der Waals surface area contributed by atoms with Crippen molar-refractivity contribution in [3.8, 4) is 0 Å². The third-order valence-electron chi connectivity index (χ3n) is 3.77. The smallest absolute Gasteiger partial charge is 0.207 e. The summed E-state index contributed by atoms with van der Waals surface area (Å²) >= 11 is 6.13. The maximum absolute atomic E-state index is 12.3. The van der Waals surface area contributed by atoms with Gasteiger partial charge in [0, 0.05) is 11.4 Å². The van der Waals surface area contributed by atoms with Gasteiger partial charge in [-0.25, -0.2) is 13.1 Å². The van der Waals surface area contributed by atoms with Gasteiger partial charge in [-0.2, -0.15) is 0 Å². The highest BCUT2D eigenvalue weighted by molar-refractivity contribution is 7.89. The fraction of sp³-hybridized carbons (Fsp3) is 0.600. The molecule has 1 aliphatic rings. The predicted octanol–water partition coefficient (Wildman–Crippen LogP) is 3.42. The Bertz CT molecular complexity index is 561. The van der Waals surface area contributed by atoms with Crippen molar-refractivity contribution in [3.63, 3.8) is 0 Å². The van der Waals surface area contributed by atoms with Crippen molar-refractivity contribution in [2.45, 2.75) is 61.8 Å². The lowest BCUT2D eigenvalue weighted by molar-refractivity contribution is 0.553. The fourth-order valence-corrected chi connectivity index (χ4v) is 4.18. The molecule has 0 saturated heterocycles. The van der Waals surface area contributed by atoms with Crippen molar-refractivity contribution in [1.29, 1.82) is 0 Å². The van der Waals surface area contributed by atoms with E-state index in [-0.39, 0.29) is 16.8 Å². The molecule has 0 spiro atoms. The molecule has 112 valence electrons. The monoisotopic (exact) mass is 315 g/mol. The molecule has 0 aromatic heterocycles. The minimum Gasteiger partial charge on any atom is -0.207 e. The Balaban J connectivity index is 2.17. The van der Waals surface area contributed by atoms with Crippen molar-refractivity contribution in [1.82, 2.24) is 4.72 Å². The highest BCUT2D eigenvalue weighted by Crippen LogP contribution is 2.27. The average molecular weight is 316 g/mol. The van der Waals surface area contributed by atoms with E-state index in [0.29, 0.717) is 4.90 Å². The van der Waals surface area contributed by atoms with E-state index < -0.39 is 10.0 Å². The fourth-order valence-electron chi connectivity index (χ4n) is 2.45. The zero-order valence-electron chi connectivity index (χ0n) is 12.2. The summed E-state index contributed by atoms with van der Waals surface area (Å²) in [4.78, 5) is 0.307. The Morgan fingerprint density at radius 3 is 2.20 bits per heavy atom. The number of halogens is 1. The Morgan fingerprint density at radius 2 is 1.75 bits per heavy atom. The molecule has 0 heterocycles. The van der Waals surface area contributed by atoms with Gasteiger partial charge in [0.25, 0.3) is 0 Å². The van der Waals surface area contributed by atoms with Gasteiger partial charge in [-0.3, -0.25) is 0 Å². The van der Waals surface area contributed by atoms with Gasteiger partial charge in [-0.05, 0) is 36.0 Å². The van der Waals surface area contributed by atoms with Gasteiger partial charge in [0.1, 0.15) is 0 Å². The third kappa shape index (κ3) is 3.54. The van der Waals surface area contributed by atoms with E-state index in [9.17, 15) is 8.42 Å². The van der Waals surface area contributed by atoms with Crippen LogP contribution in [0.15, 0.2) is 29.2 Å². The molecule has 1 fully saturated rings. The Hall–Kier alpha value is -0.580. The number of alkyl halides is 1. The molecule has 0 amide bonds. The van der Waals surface area contributed by atoms with E-state index in [1.54, 1.807) is 12.1 Å². The van der Waals surface area contributed by atoms with Gasteiger partial charge in [0.15, 0.2) is 0 Å². The second-order valence-corrected chi connectivity index (χ2v) is 8.72. The molecule has 1 aromatic carbocycles. The summed E-state index contributed by atoms with van der Waals surface area (Å²) in [6.45, 7) is 6.31. The molecule has 5 heteroatoms. The lowest BCUT2D eigenvalue weighted by Crippen LogP contribution is -2.37. The molecular weight excluding hydrogens is 294 g/mol. The first-order chi connectivity index (χ1) is 9.20. The van der Waals surface area contributed by atoms with Gasteiger partial charge in [0.2, 0.25) is 10.0 Å². The summed E-state index contributed by atoms with van der Waals surface area (Å²) in [6, 6.07) is 6.94. The zero-order valence-corrected chi connectivity index (χ0v) is 13.8. The molecule has 1 saturated carbocycles. The van der Waals surface area contributed by atoms with Crippen LogP contribution in [0.3, 0.4) is 0 Å². The van der Waals surface area contributed by atoms with E-state index in [4.69, 9.17) is 11.6 Å². The summed E-state index contributed by atoms with van der Waals surface area (Å²) < 4.78 is 27.4. The molecule has 20 heavy (non-hydrogen) atoms. The van der Waals surface area contributed by atoms with E-state index in [1.165, 1.54) is 0 Å². The number of sulfonamides is 1. The molecule has 1 aromatic rings. The van der Waals surface area contributed by atoms with Gasteiger partial charge in [-0.15, -0.1) is 11.6 Å². The van der Waals surface area contributed by atoms with Crippen LogP contribution in [0.25, 0.3) is 0 Å². The average Bonchev–Trinajstić information content (AvgIpc) is 2.73.